The molecule has 4 aromatic rings. The quantitative estimate of drug-likeness (QED) is 0.538. The molecule has 4 rings (SSSR count). The van der Waals surface area contributed by atoms with E-state index < -0.39 is 0 Å². The maximum absolute atomic E-state index is 12.8. The van der Waals surface area contributed by atoms with Crippen molar-refractivity contribution in [2.24, 2.45) is 14.1 Å². The molecule has 0 unspecified atom stereocenters. The molecule has 0 bridgehead atoms. The lowest BCUT2D eigenvalue weighted by Crippen LogP contribution is -2.37. The Bertz CT molecular complexity index is 1260. The Balaban J connectivity index is 2.09. The lowest BCUT2D eigenvalue weighted by Gasteiger charge is -2.13. The van der Waals surface area contributed by atoms with Gasteiger partial charge >= 0.3 is 5.69 Å². The molecule has 0 atom stereocenters. The molecule has 3 aromatic heterocycles. The predicted molar refractivity (Wildman–Crippen MR) is 105 cm³/mol. The van der Waals surface area contributed by atoms with Crippen LogP contribution in [0, 0.1) is 0 Å². The summed E-state index contributed by atoms with van der Waals surface area (Å²) in [7, 11) is 7.16. The lowest BCUT2D eigenvalue weighted by atomic mass is 10.2. The monoisotopic (exact) mass is 366 g/mol. The van der Waals surface area contributed by atoms with Crippen LogP contribution in [0.3, 0.4) is 0 Å². The Labute approximate surface area is 155 Å². The van der Waals surface area contributed by atoms with E-state index in [9.17, 15) is 9.59 Å². The van der Waals surface area contributed by atoms with Gasteiger partial charge in [-0.05, 0) is 19.7 Å². The van der Waals surface area contributed by atoms with Crippen molar-refractivity contribution in [3.05, 3.63) is 57.4 Å². The fraction of sp³-hybridized carbons (Fsp3) is 0.316. The summed E-state index contributed by atoms with van der Waals surface area (Å²) in [5.41, 5.74) is 2.13. The van der Waals surface area contributed by atoms with Crippen molar-refractivity contribution in [3.8, 4) is 11.3 Å². The summed E-state index contributed by atoms with van der Waals surface area (Å²) >= 11 is 0. The highest BCUT2D eigenvalue weighted by molar-refractivity contribution is 5.78. The van der Waals surface area contributed by atoms with Gasteiger partial charge in [0.25, 0.3) is 5.56 Å². The average molecular weight is 366 g/mol. The number of aromatic nitrogens is 5. The van der Waals surface area contributed by atoms with Crippen LogP contribution in [0.25, 0.3) is 28.2 Å². The molecule has 0 saturated heterocycles. The minimum atomic E-state index is -0.378. The number of benzene rings is 1. The molecular formula is C19H22N6O2. The number of hydrogen-bond acceptors (Lipinski definition) is 4. The highest BCUT2D eigenvalue weighted by atomic mass is 16.2. The predicted octanol–water partition coefficient (Wildman–Crippen LogP) is 0.915. The highest BCUT2D eigenvalue weighted by Gasteiger charge is 2.20. The molecule has 8 nitrogen and oxygen atoms in total. The van der Waals surface area contributed by atoms with Crippen molar-refractivity contribution in [2.45, 2.75) is 6.54 Å². The zero-order valence-corrected chi connectivity index (χ0v) is 15.9. The fourth-order valence-corrected chi connectivity index (χ4v) is 3.38. The molecular weight excluding hydrogens is 344 g/mol. The highest BCUT2D eigenvalue weighted by Crippen LogP contribution is 2.25. The molecule has 8 heteroatoms. The van der Waals surface area contributed by atoms with Crippen molar-refractivity contribution in [1.29, 1.82) is 0 Å². The standard InChI is InChI=1S/C19H22N6O2/c1-21(2)10-11-24-14(13-8-6-5-7-9-13)12-25-15-16(20-18(24)25)22(3)19(27)23(4)17(15)26/h5-9,12H,10-11H2,1-4H3. The molecule has 0 radical (unpaired) electrons. The summed E-state index contributed by atoms with van der Waals surface area (Å²) < 4.78 is 6.44. The summed E-state index contributed by atoms with van der Waals surface area (Å²) in [4.78, 5) is 31.8. The molecule has 0 aliphatic rings. The Kier molecular flexibility index (Phi) is 4.00. The van der Waals surface area contributed by atoms with Gasteiger partial charge in [0.05, 0.1) is 5.69 Å². The van der Waals surface area contributed by atoms with Crippen LogP contribution in [0.4, 0.5) is 0 Å². The van der Waals surface area contributed by atoms with Crippen LogP contribution in [0.2, 0.25) is 0 Å². The van der Waals surface area contributed by atoms with Crippen LogP contribution >= 0.6 is 0 Å². The number of aryl methyl sites for hydroxylation is 1. The zero-order chi connectivity index (χ0) is 19.3. The molecule has 0 aliphatic carbocycles. The Hall–Kier alpha value is -3.13. The third-order valence-corrected chi connectivity index (χ3v) is 4.90. The third kappa shape index (κ3) is 2.60. The largest absolute Gasteiger partial charge is 0.332 e. The van der Waals surface area contributed by atoms with E-state index in [1.807, 2.05) is 50.6 Å². The number of rotatable bonds is 4. The average Bonchev–Trinajstić information content (AvgIpc) is 3.20. The summed E-state index contributed by atoms with van der Waals surface area (Å²) in [6.45, 7) is 1.54. The number of fused-ring (bicyclic) bond motifs is 3. The maximum atomic E-state index is 12.8. The van der Waals surface area contributed by atoms with Crippen molar-refractivity contribution in [2.75, 3.05) is 20.6 Å². The maximum Gasteiger partial charge on any atom is 0.332 e. The van der Waals surface area contributed by atoms with Crippen LogP contribution in [0.1, 0.15) is 0 Å². The molecule has 3 heterocycles. The normalized spacial score (nSPS) is 11.9. The molecule has 0 fully saturated rings. The fourth-order valence-electron chi connectivity index (χ4n) is 3.38. The topological polar surface area (TPSA) is 69.5 Å². The summed E-state index contributed by atoms with van der Waals surface area (Å²) in [6.07, 6.45) is 1.93. The van der Waals surface area contributed by atoms with E-state index in [1.165, 1.54) is 11.6 Å². The van der Waals surface area contributed by atoms with Gasteiger partial charge in [0.1, 0.15) is 0 Å². The van der Waals surface area contributed by atoms with Gasteiger partial charge in [0.2, 0.25) is 5.78 Å². The van der Waals surface area contributed by atoms with Crippen LogP contribution < -0.4 is 11.2 Å². The van der Waals surface area contributed by atoms with E-state index in [2.05, 4.69) is 14.5 Å². The van der Waals surface area contributed by atoms with Gasteiger partial charge in [-0.15, -0.1) is 0 Å². The van der Waals surface area contributed by atoms with Crippen LogP contribution in [-0.2, 0) is 20.6 Å². The molecule has 0 aliphatic heterocycles. The van der Waals surface area contributed by atoms with Crippen molar-refractivity contribution in [3.63, 3.8) is 0 Å². The molecule has 27 heavy (non-hydrogen) atoms. The van der Waals surface area contributed by atoms with Crippen molar-refractivity contribution < 1.29 is 0 Å². The first-order valence-corrected chi connectivity index (χ1v) is 8.77. The molecule has 0 N–H and O–H groups in total. The summed E-state index contributed by atoms with van der Waals surface area (Å²) in [5.74, 6) is 0.656. The second-order valence-corrected chi connectivity index (χ2v) is 7.00. The summed E-state index contributed by atoms with van der Waals surface area (Å²) in [6, 6.07) is 10.0. The van der Waals surface area contributed by atoms with Crippen LogP contribution in [-0.4, -0.2) is 48.6 Å². The molecule has 0 amide bonds. The Morgan fingerprint density at radius 1 is 1.04 bits per heavy atom. The number of imidazole rings is 2. The van der Waals surface area contributed by atoms with Crippen molar-refractivity contribution in [1.82, 2.24) is 28.0 Å². The molecule has 0 spiro atoms. The van der Waals surface area contributed by atoms with E-state index in [-0.39, 0.29) is 11.2 Å². The minimum Gasteiger partial charge on any atom is -0.308 e. The zero-order valence-electron chi connectivity index (χ0n) is 15.9. The van der Waals surface area contributed by atoms with Gasteiger partial charge in [0, 0.05) is 33.4 Å². The van der Waals surface area contributed by atoms with Gasteiger partial charge in [-0.2, -0.15) is 4.98 Å². The Morgan fingerprint density at radius 2 is 1.74 bits per heavy atom. The van der Waals surface area contributed by atoms with E-state index in [0.717, 1.165) is 22.4 Å². The number of likely N-dealkylation sites (N-methyl/N-ethyl adjacent to an activating group) is 1. The minimum absolute atomic E-state index is 0.343. The van der Waals surface area contributed by atoms with Gasteiger partial charge in [0.15, 0.2) is 11.2 Å². The third-order valence-electron chi connectivity index (χ3n) is 4.90. The molecule has 140 valence electrons. The van der Waals surface area contributed by atoms with Gasteiger partial charge in [-0.3, -0.25) is 18.3 Å². The smallest absolute Gasteiger partial charge is 0.308 e. The number of nitrogens with zero attached hydrogens (tertiary/aromatic N) is 6. The number of hydrogen-bond donors (Lipinski definition) is 0. The van der Waals surface area contributed by atoms with Gasteiger partial charge < -0.3 is 9.47 Å². The second kappa shape index (κ2) is 6.24. The SMILES string of the molecule is CN(C)CCn1c(-c2ccccc2)cn2c3c(=O)n(C)c(=O)n(C)c3nc12. The lowest BCUT2D eigenvalue weighted by molar-refractivity contribution is 0.387. The molecule has 1 aromatic carbocycles. The van der Waals surface area contributed by atoms with E-state index in [4.69, 9.17) is 0 Å². The van der Waals surface area contributed by atoms with Crippen molar-refractivity contribution >= 4 is 16.9 Å². The van der Waals surface area contributed by atoms with E-state index in [0.29, 0.717) is 23.5 Å². The van der Waals surface area contributed by atoms with Crippen LogP contribution in [0.15, 0.2) is 46.1 Å². The van der Waals surface area contributed by atoms with Gasteiger partial charge in [-0.1, -0.05) is 30.3 Å². The first kappa shape index (κ1) is 17.3. The Morgan fingerprint density at radius 3 is 2.41 bits per heavy atom. The summed E-state index contributed by atoms with van der Waals surface area (Å²) in [5, 5.41) is 0. The second-order valence-electron chi connectivity index (χ2n) is 7.00. The first-order valence-electron chi connectivity index (χ1n) is 8.77. The van der Waals surface area contributed by atoms with E-state index in [1.54, 1.807) is 11.4 Å². The van der Waals surface area contributed by atoms with Gasteiger partial charge in [-0.25, -0.2) is 4.79 Å². The van der Waals surface area contributed by atoms with Crippen LogP contribution in [0.5, 0.6) is 0 Å². The molecule has 0 saturated carbocycles. The first-order chi connectivity index (χ1) is 12.9. The van der Waals surface area contributed by atoms with E-state index >= 15 is 0 Å².